The summed E-state index contributed by atoms with van der Waals surface area (Å²) in [6, 6.07) is 30.2. The number of carbonyl (C=O) groups excluding carboxylic acids is 2. The lowest BCUT2D eigenvalue weighted by molar-refractivity contribution is -0.140. The monoisotopic (exact) mass is 601 g/mol. The molecule has 4 rings (SSSR count). The second-order valence-electron chi connectivity index (χ2n) is 10.3. The summed E-state index contributed by atoms with van der Waals surface area (Å²) in [6.07, 6.45) is 0.822. The van der Waals surface area contributed by atoms with Gasteiger partial charge in [-0.25, -0.2) is 12.8 Å². The molecule has 0 aromatic heterocycles. The van der Waals surface area contributed by atoms with Crippen LogP contribution in [0.5, 0.6) is 0 Å². The van der Waals surface area contributed by atoms with Crippen LogP contribution in [0.1, 0.15) is 31.4 Å². The summed E-state index contributed by atoms with van der Waals surface area (Å²) in [5, 5.41) is 2.97. The van der Waals surface area contributed by atoms with Crippen LogP contribution in [0.15, 0.2) is 120 Å². The molecule has 0 saturated carbocycles. The third-order valence-corrected chi connectivity index (χ3v) is 9.01. The summed E-state index contributed by atoms with van der Waals surface area (Å²) >= 11 is 0. The molecule has 7 nitrogen and oxygen atoms in total. The molecular weight excluding hydrogens is 565 g/mol. The van der Waals surface area contributed by atoms with Crippen molar-refractivity contribution in [1.29, 1.82) is 0 Å². The molecular formula is C34H36FN3O4S. The first-order valence-corrected chi connectivity index (χ1v) is 15.6. The maximum Gasteiger partial charge on any atom is 0.264 e. The molecule has 4 aromatic carbocycles. The van der Waals surface area contributed by atoms with Gasteiger partial charge >= 0.3 is 0 Å². The van der Waals surface area contributed by atoms with Crippen molar-refractivity contribution < 1.29 is 22.4 Å². The Kier molecular flexibility index (Phi) is 10.7. The molecule has 2 atom stereocenters. The quantitative estimate of drug-likeness (QED) is 0.217. The molecule has 224 valence electrons. The smallest absolute Gasteiger partial charge is 0.264 e. The van der Waals surface area contributed by atoms with E-state index in [2.05, 4.69) is 5.32 Å². The number of benzene rings is 4. The number of halogens is 1. The summed E-state index contributed by atoms with van der Waals surface area (Å²) in [4.78, 5) is 29.4. The van der Waals surface area contributed by atoms with Gasteiger partial charge in [0.2, 0.25) is 11.8 Å². The van der Waals surface area contributed by atoms with Crippen LogP contribution in [0, 0.1) is 5.82 Å². The molecule has 0 aliphatic rings. The Hall–Kier alpha value is -4.50. The van der Waals surface area contributed by atoms with Crippen LogP contribution in [-0.2, 0) is 32.6 Å². The lowest BCUT2D eigenvalue weighted by atomic mass is 10.0. The van der Waals surface area contributed by atoms with Crippen molar-refractivity contribution in [1.82, 2.24) is 10.2 Å². The molecule has 4 aromatic rings. The maximum absolute atomic E-state index is 15.0. The fraction of sp³-hybridized carbons (Fsp3) is 0.235. The first-order valence-electron chi connectivity index (χ1n) is 14.2. The highest BCUT2D eigenvalue weighted by molar-refractivity contribution is 7.92. The maximum atomic E-state index is 15.0. The Morgan fingerprint density at radius 2 is 1.37 bits per heavy atom. The van der Waals surface area contributed by atoms with E-state index in [4.69, 9.17) is 0 Å². The van der Waals surface area contributed by atoms with Gasteiger partial charge in [0.05, 0.1) is 10.6 Å². The molecule has 9 heteroatoms. The van der Waals surface area contributed by atoms with Gasteiger partial charge in [0.15, 0.2) is 0 Å². The van der Waals surface area contributed by atoms with Gasteiger partial charge in [-0.05, 0) is 49.2 Å². The summed E-state index contributed by atoms with van der Waals surface area (Å²) in [7, 11) is -4.18. The van der Waals surface area contributed by atoms with E-state index in [9.17, 15) is 22.4 Å². The van der Waals surface area contributed by atoms with E-state index in [1.165, 1.54) is 23.1 Å². The highest BCUT2D eigenvalue weighted by Gasteiger charge is 2.35. The number of anilines is 1. The number of nitrogens with zero attached hydrogens (tertiary/aromatic N) is 2. The largest absolute Gasteiger partial charge is 0.352 e. The van der Waals surface area contributed by atoms with Crippen molar-refractivity contribution in [3.8, 4) is 0 Å². The number of amides is 2. The van der Waals surface area contributed by atoms with Crippen molar-refractivity contribution in [2.24, 2.45) is 0 Å². The van der Waals surface area contributed by atoms with Crippen molar-refractivity contribution in [3.63, 3.8) is 0 Å². The Labute approximate surface area is 253 Å². The minimum absolute atomic E-state index is 0.0163. The van der Waals surface area contributed by atoms with Gasteiger partial charge in [0.1, 0.15) is 18.4 Å². The minimum Gasteiger partial charge on any atom is -0.352 e. The molecule has 0 spiro atoms. The second kappa shape index (κ2) is 14.6. The summed E-state index contributed by atoms with van der Waals surface area (Å²) in [6.45, 7) is 2.97. The second-order valence-corrected chi connectivity index (χ2v) is 12.2. The Morgan fingerprint density at radius 1 is 0.814 bits per heavy atom. The van der Waals surface area contributed by atoms with E-state index in [1.54, 1.807) is 66.7 Å². The minimum atomic E-state index is -4.18. The van der Waals surface area contributed by atoms with Crippen LogP contribution in [0.4, 0.5) is 10.1 Å². The number of carbonyl (C=O) groups is 2. The molecule has 2 amide bonds. The standard InChI is InChI=1S/C34H36FN3O4S/c1-3-26(2)36-34(40)32(23-27-15-7-4-8-16-27)37(24-28-17-13-14-22-31(28)35)33(39)25-38(29-18-9-5-10-19-29)43(41,42)30-20-11-6-12-21-30/h4-22,26,32H,3,23-25H2,1-2H3,(H,36,40)/t26-,32+/m1/s1. The molecule has 1 N–H and O–H groups in total. The van der Waals surface area contributed by atoms with Gasteiger partial charge in [-0.15, -0.1) is 0 Å². The van der Waals surface area contributed by atoms with Crippen LogP contribution >= 0.6 is 0 Å². The van der Waals surface area contributed by atoms with Crippen molar-refractivity contribution in [2.45, 2.75) is 50.2 Å². The van der Waals surface area contributed by atoms with E-state index in [0.717, 1.165) is 9.87 Å². The number of hydrogen-bond donors (Lipinski definition) is 1. The molecule has 0 saturated heterocycles. The molecule has 0 unspecified atom stereocenters. The van der Waals surface area contributed by atoms with Gasteiger partial charge in [-0.1, -0.05) is 91.9 Å². The predicted molar refractivity (Wildman–Crippen MR) is 166 cm³/mol. The van der Waals surface area contributed by atoms with Crippen molar-refractivity contribution in [2.75, 3.05) is 10.8 Å². The first-order chi connectivity index (χ1) is 20.7. The summed E-state index contributed by atoms with van der Waals surface area (Å²) in [5.41, 5.74) is 1.30. The van der Waals surface area contributed by atoms with Crippen LogP contribution in [0.2, 0.25) is 0 Å². The number of nitrogens with one attached hydrogen (secondary N) is 1. The van der Waals surface area contributed by atoms with Gasteiger partial charge in [0, 0.05) is 24.6 Å². The lowest BCUT2D eigenvalue weighted by Crippen LogP contribution is -2.54. The summed E-state index contributed by atoms with van der Waals surface area (Å²) < 4.78 is 43.8. The molecule has 0 heterocycles. The highest BCUT2D eigenvalue weighted by atomic mass is 32.2. The lowest BCUT2D eigenvalue weighted by Gasteiger charge is -2.34. The molecule has 0 radical (unpaired) electrons. The number of para-hydroxylation sites is 1. The zero-order valence-electron chi connectivity index (χ0n) is 24.3. The first kappa shape index (κ1) is 31.4. The van der Waals surface area contributed by atoms with Crippen LogP contribution in [0.3, 0.4) is 0 Å². The zero-order valence-corrected chi connectivity index (χ0v) is 25.1. The van der Waals surface area contributed by atoms with Crippen LogP contribution < -0.4 is 9.62 Å². The zero-order chi connectivity index (χ0) is 30.8. The predicted octanol–water partition coefficient (Wildman–Crippen LogP) is 5.58. The molecule has 43 heavy (non-hydrogen) atoms. The third kappa shape index (κ3) is 8.08. The Morgan fingerprint density at radius 3 is 1.98 bits per heavy atom. The normalized spacial score (nSPS) is 12.6. The van der Waals surface area contributed by atoms with Gasteiger partial charge in [0.25, 0.3) is 10.0 Å². The highest BCUT2D eigenvalue weighted by Crippen LogP contribution is 2.25. The van der Waals surface area contributed by atoms with E-state index >= 15 is 0 Å². The van der Waals surface area contributed by atoms with Crippen LogP contribution in [-0.4, -0.2) is 43.8 Å². The average molecular weight is 602 g/mol. The van der Waals surface area contributed by atoms with Crippen LogP contribution in [0.25, 0.3) is 0 Å². The van der Waals surface area contributed by atoms with E-state index in [1.807, 2.05) is 44.2 Å². The molecule has 0 fully saturated rings. The Bertz CT molecular complexity index is 1600. The van der Waals surface area contributed by atoms with Crippen molar-refractivity contribution >= 4 is 27.5 Å². The summed E-state index contributed by atoms with van der Waals surface area (Å²) in [5.74, 6) is -1.58. The number of sulfonamides is 1. The van der Waals surface area contributed by atoms with E-state index in [-0.39, 0.29) is 35.2 Å². The number of hydrogen-bond acceptors (Lipinski definition) is 4. The molecule has 0 bridgehead atoms. The topological polar surface area (TPSA) is 86.8 Å². The van der Waals surface area contributed by atoms with Gasteiger partial charge in [-0.2, -0.15) is 0 Å². The van der Waals surface area contributed by atoms with E-state index < -0.39 is 40.2 Å². The fourth-order valence-electron chi connectivity index (χ4n) is 4.65. The SMILES string of the molecule is CC[C@@H](C)NC(=O)[C@H](Cc1ccccc1)N(Cc1ccccc1F)C(=O)CN(c1ccccc1)S(=O)(=O)c1ccccc1. The molecule has 0 aliphatic heterocycles. The number of rotatable bonds is 13. The van der Waals surface area contributed by atoms with Crippen molar-refractivity contribution in [3.05, 3.63) is 132 Å². The van der Waals surface area contributed by atoms with E-state index in [0.29, 0.717) is 6.42 Å². The molecule has 0 aliphatic carbocycles. The van der Waals surface area contributed by atoms with Gasteiger partial charge < -0.3 is 10.2 Å². The average Bonchev–Trinajstić information content (AvgIpc) is 3.03. The van der Waals surface area contributed by atoms with Gasteiger partial charge in [-0.3, -0.25) is 13.9 Å². The third-order valence-electron chi connectivity index (χ3n) is 7.22. The fourth-order valence-corrected chi connectivity index (χ4v) is 6.08. The Balaban J connectivity index is 1.79.